The van der Waals surface area contributed by atoms with Crippen molar-refractivity contribution in [3.63, 3.8) is 0 Å². The highest BCUT2D eigenvalue weighted by Crippen LogP contribution is 2.16. The Balaban J connectivity index is 0.00000220. The van der Waals surface area contributed by atoms with E-state index >= 15 is 0 Å². The number of methoxy groups -OCH3 is 1. The lowest BCUT2D eigenvalue weighted by Gasteiger charge is -2.09. The Bertz CT molecular complexity index is 597. The maximum absolute atomic E-state index is 7.88. The quantitative estimate of drug-likeness (QED) is 0.650. The zero-order valence-electron chi connectivity index (χ0n) is 11.9. The molecule has 110 valence electrons. The Kier molecular flexibility index (Phi) is 7.05. The number of rotatable bonds is 5. The average Bonchev–Trinajstić information content (AvgIpc) is 2.52. The number of para-hydroxylation sites is 1. The van der Waals surface area contributed by atoms with Crippen molar-refractivity contribution >= 4 is 24.3 Å². The minimum Gasteiger partial charge on any atom is -0.496 e. The predicted molar refractivity (Wildman–Crippen MR) is 90.3 cm³/mol. The van der Waals surface area contributed by atoms with Crippen molar-refractivity contribution in [3.8, 4) is 5.75 Å². The molecule has 0 bridgehead atoms. The zero-order chi connectivity index (χ0) is 14.2. The van der Waals surface area contributed by atoms with Crippen LogP contribution in [0, 0.1) is 5.41 Å². The molecule has 0 atom stereocenters. The highest BCUT2D eigenvalue weighted by Gasteiger charge is 2.01. The molecule has 0 radical (unpaired) electrons. The molecule has 0 heterocycles. The second-order valence-electron chi connectivity index (χ2n) is 4.32. The molecule has 2 aromatic carbocycles. The van der Waals surface area contributed by atoms with Crippen LogP contribution in [0.1, 0.15) is 11.1 Å². The molecule has 21 heavy (non-hydrogen) atoms. The van der Waals surface area contributed by atoms with Gasteiger partial charge in [0.1, 0.15) is 11.6 Å². The van der Waals surface area contributed by atoms with Gasteiger partial charge in [-0.1, -0.05) is 54.6 Å². The molecule has 0 saturated carbocycles. The van der Waals surface area contributed by atoms with E-state index in [1.54, 1.807) is 13.2 Å². The molecule has 3 nitrogen and oxygen atoms in total. The summed E-state index contributed by atoms with van der Waals surface area (Å²) in [5, 5.41) is 10.9. The van der Waals surface area contributed by atoms with Gasteiger partial charge in [-0.2, -0.15) is 0 Å². The molecule has 0 aliphatic carbocycles. The summed E-state index contributed by atoms with van der Waals surface area (Å²) in [5.41, 5.74) is 2.12. The largest absolute Gasteiger partial charge is 0.496 e. The lowest BCUT2D eigenvalue weighted by Crippen LogP contribution is -2.19. The molecule has 2 aromatic rings. The first-order valence-corrected chi connectivity index (χ1v) is 6.47. The fourth-order valence-electron chi connectivity index (χ4n) is 1.84. The third-order valence-electron chi connectivity index (χ3n) is 2.90. The van der Waals surface area contributed by atoms with Crippen LogP contribution in [0.4, 0.5) is 0 Å². The molecular weight excluding hydrogens is 284 g/mol. The van der Waals surface area contributed by atoms with Gasteiger partial charge >= 0.3 is 0 Å². The Labute approximate surface area is 131 Å². The standard InChI is InChI=1S/C17H18N2O.ClH/c1-20-16-10-6-5-9-15(16)13-19-17(18)12-11-14-7-3-2-4-8-14;/h2-12H,13H2,1H3,(H2,18,19);1H/b12-11+;. The van der Waals surface area contributed by atoms with Crippen molar-refractivity contribution in [2.45, 2.75) is 6.54 Å². The van der Waals surface area contributed by atoms with E-state index in [9.17, 15) is 0 Å². The first-order chi connectivity index (χ1) is 9.79. The van der Waals surface area contributed by atoms with E-state index in [1.165, 1.54) is 0 Å². The Hall–Kier alpha value is -2.26. The summed E-state index contributed by atoms with van der Waals surface area (Å²) in [6, 6.07) is 17.7. The number of benzene rings is 2. The second kappa shape index (κ2) is 8.82. The predicted octanol–water partition coefficient (Wildman–Crippen LogP) is 3.90. The van der Waals surface area contributed by atoms with Gasteiger partial charge < -0.3 is 10.1 Å². The van der Waals surface area contributed by atoms with Crippen LogP contribution < -0.4 is 10.1 Å². The highest BCUT2D eigenvalue weighted by molar-refractivity contribution is 5.93. The first kappa shape index (κ1) is 16.8. The Morgan fingerprint density at radius 1 is 1.10 bits per heavy atom. The first-order valence-electron chi connectivity index (χ1n) is 6.47. The van der Waals surface area contributed by atoms with Crippen molar-refractivity contribution in [1.82, 2.24) is 5.32 Å². The Morgan fingerprint density at radius 2 is 1.76 bits per heavy atom. The molecule has 0 amide bonds. The van der Waals surface area contributed by atoms with Gasteiger partial charge in [-0.15, -0.1) is 12.4 Å². The van der Waals surface area contributed by atoms with E-state index in [0.29, 0.717) is 12.4 Å². The monoisotopic (exact) mass is 302 g/mol. The molecule has 2 rings (SSSR count). The van der Waals surface area contributed by atoms with Crippen molar-refractivity contribution in [2.75, 3.05) is 7.11 Å². The summed E-state index contributed by atoms with van der Waals surface area (Å²) in [4.78, 5) is 0. The molecule has 0 aliphatic heterocycles. The van der Waals surface area contributed by atoms with Gasteiger partial charge in [0, 0.05) is 12.1 Å². The van der Waals surface area contributed by atoms with Crippen LogP contribution in [0.5, 0.6) is 5.75 Å². The van der Waals surface area contributed by atoms with Gasteiger partial charge in [-0.25, -0.2) is 0 Å². The number of nitrogens with one attached hydrogen (secondary N) is 2. The van der Waals surface area contributed by atoms with E-state index in [-0.39, 0.29) is 12.4 Å². The fraction of sp³-hybridized carbons (Fsp3) is 0.118. The van der Waals surface area contributed by atoms with E-state index in [2.05, 4.69) is 5.32 Å². The summed E-state index contributed by atoms with van der Waals surface area (Å²) in [6.45, 7) is 0.571. The number of hydrogen-bond acceptors (Lipinski definition) is 2. The van der Waals surface area contributed by atoms with Crippen LogP contribution in [0.25, 0.3) is 6.08 Å². The van der Waals surface area contributed by atoms with Gasteiger partial charge in [0.15, 0.2) is 0 Å². The minimum absolute atomic E-state index is 0. The van der Waals surface area contributed by atoms with Crippen LogP contribution in [0.15, 0.2) is 60.7 Å². The van der Waals surface area contributed by atoms with Gasteiger partial charge in [-0.05, 0) is 17.7 Å². The smallest absolute Gasteiger partial charge is 0.123 e. The van der Waals surface area contributed by atoms with Crippen LogP contribution in [-0.4, -0.2) is 12.9 Å². The van der Waals surface area contributed by atoms with Crippen molar-refractivity contribution < 1.29 is 4.74 Å². The van der Waals surface area contributed by atoms with E-state index in [1.807, 2.05) is 60.7 Å². The molecular formula is C17H19ClN2O. The molecule has 0 fully saturated rings. The van der Waals surface area contributed by atoms with Crippen molar-refractivity contribution in [2.24, 2.45) is 0 Å². The van der Waals surface area contributed by atoms with Crippen LogP contribution in [0.3, 0.4) is 0 Å². The summed E-state index contributed by atoms with van der Waals surface area (Å²) < 4.78 is 5.28. The van der Waals surface area contributed by atoms with Crippen molar-refractivity contribution in [3.05, 3.63) is 71.8 Å². The summed E-state index contributed by atoms with van der Waals surface area (Å²) >= 11 is 0. The molecule has 2 N–H and O–H groups in total. The second-order valence-corrected chi connectivity index (χ2v) is 4.32. The number of ether oxygens (including phenoxy) is 1. The maximum Gasteiger partial charge on any atom is 0.123 e. The lowest BCUT2D eigenvalue weighted by molar-refractivity contribution is 0.409. The van der Waals surface area contributed by atoms with Crippen molar-refractivity contribution in [1.29, 1.82) is 5.41 Å². The maximum atomic E-state index is 7.88. The topological polar surface area (TPSA) is 45.1 Å². The van der Waals surface area contributed by atoms with Crippen LogP contribution >= 0.6 is 12.4 Å². The third kappa shape index (κ3) is 5.32. The summed E-state index contributed by atoms with van der Waals surface area (Å²) in [7, 11) is 1.65. The van der Waals surface area contributed by atoms with Gasteiger partial charge in [-0.3, -0.25) is 5.41 Å². The summed E-state index contributed by atoms with van der Waals surface area (Å²) in [6.07, 6.45) is 3.67. The van der Waals surface area contributed by atoms with Crippen LogP contribution in [-0.2, 0) is 6.54 Å². The van der Waals surface area contributed by atoms with E-state index in [0.717, 1.165) is 16.9 Å². The van der Waals surface area contributed by atoms with E-state index < -0.39 is 0 Å². The number of halogens is 1. The SMILES string of the molecule is COc1ccccc1CNC(=N)/C=C/c1ccccc1.Cl. The third-order valence-corrected chi connectivity index (χ3v) is 2.90. The lowest BCUT2D eigenvalue weighted by atomic mass is 10.2. The minimum atomic E-state index is 0. The number of hydrogen-bond donors (Lipinski definition) is 2. The molecule has 4 heteroatoms. The highest BCUT2D eigenvalue weighted by atomic mass is 35.5. The molecule has 0 spiro atoms. The number of amidine groups is 1. The van der Waals surface area contributed by atoms with Crippen LogP contribution in [0.2, 0.25) is 0 Å². The average molecular weight is 303 g/mol. The fourth-order valence-corrected chi connectivity index (χ4v) is 1.84. The zero-order valence-corrected chi connectivity index (χ0v) is 12.7. The summed E-state index contributed by atoms with van der Waals surface area (Å²) in [5.74, 6) is 1.21. The molecule has 0 aliphatic rings. The van der Waals surface area contributed by atoms with Gasteiger partial charge in [0.2, 0.25) is 0 Å². The molecule has 0 unspecified atom stereocenters. The van der Waals surface area contributed by atoms with Gasteiger partial charge in [0.05, 0.1) is 7.11 Å². The van der Waals surface area contributed by atoms with E-state index in [4.69, 9.17) is 10.1 Å². The normalized spacial score (nSPS) is 9.95. The molecule has 0 saturated heterocycles. The Morgan fingerprint density at radius 3 is 2.48 bits per heavy atom. The van der Waals surface area contributed by atoms with Gasteiger partial charge in [0.25, 0.3) is 0 Å². The molecule has 0 aromatic heterocycles.